The van der Waals surface area contributed by atoms with Gasteiger partial charge in [0.05, 0.1) is 13.5 Å². The van der Waals surface area contributed by atoms with Crippen LogP contribution in [0, 0.1) is 5.82 Å². The predicted octanol–water partition coefficient (Wildman–Crippen LogP) is 3.35. The highest BCUT2D eigenvalue weighted by Crippen LogP contribution is 2.25. The van der Waals surface area contributed by atoms with E-state index < -0.39 is 0 Å². The first-order valence-electron chi connectivity index (χ1n) is 7.05. The van der Waals surface area contributed by atoms with Crippen molar-refractivity contribution in [3.63, 3.8) is 0 Å². The van der Waals surface area contributed by atoms with E-state index in [0.29, 0.717) is 11.3 Å². The SMILES string of the molecule is COC1=C(N=C(N)CC(=O)c2ccc(F)cc2)C=C(C)CC1. The van der Waals surface area contributed by atoms with Gasteiger partial charge in [0.15, 0.2) is 5.78 Å². The number of carbonyl (C=O) groups excluding carboxylic acids is 1. The molecule has 1 aromatic rings. The monoisotopic (exact) mass is 302 g/mol. The number of Topliss-reactive ketones (excluding diaryl/α,β-unsaturated/α-hetero) is 1. The third-order valence-corrected chi connectivity index (χ3v) is 3.43. The molecule has 0 amide bonds. The minimum atomic E-state index is -0.379. The molecule has 1 aliphatic rings. The number of rotatable bonds is 5. The Morgan fingerprint density at radius 1 is 1.32 bits per heavy atom. The van der Waals surface area contributed by atoms with Crippen LogP contribution in [-0.2, 0) is 4.74 Å². The molecule has 0 aliphatic heterocycles. The highest BCUT2D eigenvalue weighted by molar-refractivity contribution is 6.08. The van der Waals surface area contributed by atoms with Crippen molar-refractivity contribution < 1.29 is 13.9 Å². The molecule has 1 aliphatic carbocycles. The Morgan fingerprint density at radius 3 is 2.64 bits per heavy atom. The lowest BCUT2D eigenvalue weighted by molar-refractivity contribution is 0.100. The summed E-state index contributed by atoms with van der Waals surface area (Å²) >= 11 is 0. The lowest BCUT2D eigenvalue weighted by Crippen LogP contribution is -2.18. The smallest absolute Gasteiger partial charge is 0.170 e. The zero-order valence-corrected chi connectivity index (χ0v) is 12.7. The van der Waals surface area contributed by atoms with Crippen molar-refractivity contribution in [3.8, 4) is 0 Å². The second-order valence-corrected chi connectivity index (χ2v) is 5.21. The number of nitrogens with zero attached hydrogens (tertiary/aromatic N) is 1. The number of ether oxygens (including phenoxy) is 1. The first kappa shape index (κ1) is 15.9. The summed E-state index contributed by atoms with van der Waals surface area (Å²) in [5.41, 5.74) is 8.14. The van der Waals surface area contributed by atoms with Crippen LogP contribution in [0.2, 0.25) is 0 Å². The average Bonchev–Trinajstić information content (AvgIpc) is 2.48. The Bertz CT molecular complexity index is 658. The van der Waals surface area contributed by atoms with E-state index in [2.05, 4.69) is 4.99 Å². The number of methoxy groups -OCH3 is 1. The van der Waals surface area contributed by atoms with E-state index in [1.54, 1.807) is 7.11 Å². The number of aliphatic imine (C=N–C) groups is 1. The summed E-state index contributed by atoms with van der Waals surface area (Å²) in [6, 6.07) is 5.38. The van der Waals surface area contributed by atoms with Gasteiger partial charge in [0.1, 0.15) is 23.1 Å². The number of amidine groups is 1. The summed E-state index contributed by atoms with van der Waals surface area (Å²) in [7, 11) is 1.60. The zero-order chi connectivity index (χ0) is 16.1. The first-order valence-corrected chi connectivity index (χ1v) is 7.05. The lowest BCUT2D eigenvalue weighted by Gasteiger charge is -2.15. The van der Waals surface area contributed by atoms with Crippen molar-refractivity contribution in [1.82, 2.24) is 0 Å². The van der Waals surface area contributed by atoms with Crippen molar-refractivity contribution in [2.45, 2.75) is 26.2 Å². The van der Waals surface area contributed by atoms with Crippen molar-refractivity contribution in [3.05, 3.63) is 58.8 Å². The van der Waals surface area contributed by atoms with Crippen LogP contribution in [0.1, 0.15) is 36.5 Å². The van der Waals surface area contributed by atoms with E-state index in [9.17, 15) is 9.18 Å². The van der Waals surface area contributed by atoms with Crippen LogP contribution in [0.15, 0.2) is 52.4 Å². The van der Waals surface area contributed by atoms with Gasteiger partial charge in [-0.1, -0.05) is 5.57 Å². The van der Waals surface area contributed by atoms with E-state index in [1.165, 1.54) is 29.8 Å². The molecule has 0 spiro atoms. The van der Waals surface area contributed by atoms with Gasteiger partial charge in [-0.15, -0.1) is 0 Å². The minimum absolute atomic E-state index is 0.0149. The highest BCUT2D eigenvalue weighted by atomic mass is 19.1. The van der Waals surface area contributed by atoms with Crippen LogP contribution in [0.3, 0.4) is 0 Å². The molecule has 0 saturated carbocycles. The molecule has 2 N–H and O–H groups in total. The molecule has 0 radical (unpaired) electrons. The average molecular weight is 302 g/mol. The number of halogens is 1. The molecule has 5 heteroatoms. The standard InChI is InChI=1S/C17H19FN2O2/c1-11-3-8-16(22-2)14(9-11)20-17(19)10-15(21)12-4-6-13(18)7-5-12/h4-7,9H,3,8,10H2,1-2H3,(H2,19,20). The molecule has 2 rings (SSSR count). The Morgan fingerprint density at radius 2 is 2.00 bits per heavy atom. The van der Waals surface area contributed by atoms with Gasteiger partial charge in [0.25, 0.3) is 0 Å². The van der Waals surface area contributed by atoms with Gasteiger partial charge in [-0.05, 0) is 43.7 Å². The Hall–Kier alpha value is -2.43. The number of benzene rings is 1. The third-order valence-electron chi connectivity index (χ3n) is 3.43. The highest BCUT2D eigenvalue weighted by Gasteiger charge is 2.13. The summed E-state index contributed by atoms with van der Waals surface area (Å²) in [5, 5.41) is 0. The molecule has 0 unspecified atom stereocenters. The largest absolute Gasteiger partial charge is 0.499 e. The van der Waals surface area contributed by atoms with Gasteiger partial charge in [0.2, 0.25) is 0 Å². The van der Waals surface area contributed by atoms with Crippen LogP contribution in [0.25, 0.3) is 0 Å². The maximum Gasteiger partial charge on any atom is 0.170 e. The van der Waals surface area contributed by atoms with E-state index in [0.717, 1.165) is 18.6 Å². The van der Waals surface area contributed by atoms with E-state index in [4.69, 9.17) is 10.5 Å². The number of ketones is 1. The molecular formula is C17H19FN2O2. The molecule has 0 saturated heterocycles. The quantitative estimate of drug-likeness (QED) is 0.515. The molecule has 4 nitrogen and oxygen atoms in total. The van der Waals surface area contributed by atoms with Gasteiger partial charge in [0, 0.05) is 12.0 Å². The topological polar surface area (TPSA) is 64.7 Å². The minimum Gasteiger partial charge on any atom is -0.499 e. The van der Waals surface area contributed by atoms with Gasteiger partial charge in [-0.2, -0.15) is 0 Å². The number of hydrogen-bond acceptors (Lipinski definition) is 3. The van der Waals surface area contributed by atoms with Crippen LogP contribution in [0.5, 0.6) is 0 Å². The molecule has 0 aromatic heterocycles. The molecule has 0 heterocycles. The van der Waals surface area contributed by atoms with Crippen LogP contribution in [0.4, 0.5) is 4.39 Å². The summed E-state index contributed by atoms with van der Waals surface area (Å²) in [6.07, 6.45) is 3.60. The van der Waals surface area contributed by atoms with E-state index in [1.807, 2.05) is 13.0 Å². The van der Waals surface area contributed by atoms with Crippen LogP contribution >= 0.6 is 0 Å². The molecule has 0 fully saturated rings. The molecule has 116 valence electrons. The van der Waals surface area contributed by atoms with Gasteiger partial charge in [-0.25, -0.2) is 9.38 Å². The maximum atomic E-state index is 12.9. The summed E-state index contributed by atoms with van der Waals surface area (Å²) < 4.78 is 18.2. The third kappa shape index (κ3) is 4.04. The lowest BCUT2D eigenvalue weighted by atomic mass is 10.0. The van der Waals surface area contributed by atoms with Crippen molar-refractivity contribution >= 4 is 11.6 Å². The fraction of sp³-hybridized carbons (Fsp3) is 0.294. The number of carbonyl (C=O) groups is 1. The van der Waals surface area contributed by atoms with E-state index in [-0.39, 0.29) is 23.9 Å². The number of nitrogens with two attached hydrogens (primary N) is 1. The first-order chi connectivity index (χ1) is 10.5. The summed E-state index contributed by atoms with van der Waals surface area (Å²) in [4.78, 5) is 16.4. The molecule has 22 heavy (non-hydrogen) atoms. The molecule has 1 aromatic carbocycles. The van der Waals surface area contributed by atoms with Gasteiger partial charge >= 0.3 is 0 Å². The van der Waals surface area contributed by atoms with Crippen LogP contribution < -0.4 is 5.73 Å². The second kappa shape index (κ2) is 7.02. The fourth-order valence-corrected chi connectivity index (χ4v) is 2.22. The van der Waals surface area contributed by atoms with Crippen molar-refractivity contribution in [1.29, 1.82) is 0 Å². The summed E-state index contributed by atoms with van der Waals surface area (Å²) in [6.45, 7) is 2.02. The molecule has 0 bridgehead atoms. The van der Waals surface area contributed by atoms with Crippen LogP contribution in [-0.4, -0.2) is 18.7 Å². The maximum absolute atomic E-state index is 12.9. The summed E-state index contributed by atoms with van der Waals surface area (Å²) in [5.74, 6) is 0.404. The second-order valence-electron chi connectivity index (χ2n) is 5.21. The van der Waals surface area contributed by atoms with Crippen molar-refractivity contribution in [2.24, 2.45) is 10.7 Å². The van der Waals surface area contributed by atoms with Gasteiger partial charge in [-0.3, -0.25) is 4.79 Å². The Kier molecular flexibility index (Phi) is 5.09. The predicted molar refractivity (Wildman–Crippen MR) is 84.0 cm³/mol. The fourth-order valence-electron chi connectivity index (χ4n) is 2.22. The Labute approximate surface area is 129 Å². The normalized spacial score (nSPS) is 15.6. The molecular weight excluding hydrogens is 283 g/mol. The van der Waals surface area contributed by atoms with Crippen molar-refractivity contribution in [2.75, 3.05) is 7.11 Å². The Balaban J connectivity index is 2.14. The molecule has 0 atom stereocenters. The van der Waals surface area contributed by atoms with E-state index >= 15 is 0 Å². The zero-order valence-electron chi connectivity index (χ0n) is 12.7. The van der Waals surface area contributed by atoms with Gasteiger partial charge < -0.3 is 10.5 Å². The number of hydrogen-bond donors (Lipinski definition) is 1. The number of allylic oxidation sites excluding steroid dienone is 3.